The summed E-state index contributed by atoms with van der Waals surface area (Å²) < 4.78 is 27.4. The van der Waals surface area contributed by atoms with E-state index in [0.29, 0.717) is 18.7 Å². The number of aromatic hydroxyl groups is 1. The molecule has 0 unspecified atom stereocenters. The Labute approximate surface area is 154 Å². The maximum Gasteiger partial charge on any atom is 0.319 e. The molecular formula is C15H13Cl2N3O4S. The van der Waals surface area contributed by atoms with E-state index in [1.54, 1.807) is 12.1 Å². The normalized spacial score (nSPS) is 13.6. The summed E-state index contributed by atoms with van der Waals surface area (Å²) in [6.07, 6.45) is 0.635. The molecule has 0 radical (unpaired) electrons. The SMILES string of the molecule is NC(=O)N1CCc2ccc(NS(=O)(=O)c3cc(Cl)cc(Cl)c3O)cc21. The van der Waals surface area contributed by atoms with Crippen LogP contribution < -0.4 is 15.4 Å². The molecule has 0 saturated heterocycles. The van der Waals surface area contributed by atoms with Gasteiger partial charge in [0.25, 0.3) is 10.0 Å². The van der Waals surface area contributed by atoms with E-state index >= 15 is 0 Å². The lowest BCUT2D eigenvalue weighted by Gasteiger charge is -2.16. The molecule has 10 heteroatoms. The number of halogens is 2. The molecule has 3 rings (SSSR count). The Balaban J connectivity index is 1.98. The van der Waals surface area contributed by atoms with Gasteiger partial charge in [-0.2, -0.15) is 0 Å². The van der Waals surface area contributed by atoms with Crippen LogP contribution in [0.3, 0.4) is 0 Å². The van der Waals surface area contributed by atoms with Crippen LogP contribution in [0.25, 0.3) is 0 Å². The molecule has 1 aliphatic heterocycles. The smallest absolute Gasteiger partial charge is 0.319 e. The van der Waals surface area contributed by atoms with Gasteiger partial charge in [-0.1, -0.05) is 29.3 Å². The molecule has 132 valence electrons. The molecule has 0 aromatic heterocycles. The van der Waals surface area contributed by atoms with Crippen molar-refractivity contribution in [1.82, 2.24) is 0 Å². The predicted molar refractivity (Wildman–Crippen MR) is 96.0 cm³/mol. The van der Waals surface area contributed by atoms with Crippen molar-refractivity contribution in [2.75, 3.05) is 16.2 Å². The molecule has 0 saturated carbocycles. The van der Waals surface area contributed by atoms with Crippen molar-refractivity contribution >= 4 is 50.6 Å². The van der Waals surface area contributed by atoms with Crippen LogP contribution in [0.2, 0.25) is 10.0 Å². The third kappa shape index (κ3) is 3.33. The van der Waals surface area contributed by atoms with E-state index in [2.05, 4.69) is 4.72 Å². The van der Waals surface area contributed by atoms with Crippen molar-refractivity contribution in [3.8, 4) is 5.75 Å². The number of benzene rings is 2. The Morgan fingerprint density at radius 3 is 2.64 bits per heavy atom. The van der Waals surface area contributed by atoms with Gasteiger partial charge in [0.2, 0.25) is 0 Å². The fourth-order valence-corrected chi connectivity index (χ4v) is 4.44. The highest BCUT2D eigenvalue weighted by Gasteiger charge is 2.25. The molecule has 1 heterocycles. The van der Waals surface area contributed by atoms with Crippen LogP contribution in [0.15, 0.2) is 35.2 Å². The number of sulfonamides is 1. The average Bonchev–Trinajstić information content (AvgIpc) is 2.93. The number of amides is 2. The minimum Gasteiger partial charge on any atom is -0.505 e. The minimum absolute atomic E-state index is 0.0667. The molecule has 0 atom stereocenters. The van der Waals surface area contributed by atoms with E-state index in [0.717, 1.165) is 11.6 Å². The van der Waals surface area contributed by atoms with Crippen LogP contribution in [0.1, 0.15) is 5.56 Å². The first-order chi connectivity index (χ1) is 11.7. The van der Waals surface area contributed by atoms with E-state index in [1.165, 1.54) is 17.0 Å². The monoisotopic (exact) mass is 401 g/mol. The van der Waals surface area contributed by atoms with Crippen molar-refractivity contribution in [2.24, 2.45) is 5.73 Å². The first kappa shape index (κ1) is 17.7. The Morgan fingerprint density at radius 2 is 1.96 bits per heavy atom. The number of primary amides is 1. The van der Waals surface area contributed by atoms with E-state index in [9.17, 15) is 18.3 Å². The number of nitrogens with zero attached hydrogens (tertiary/aromatic N) is 1. The number of phenolic OH excluding ortho intramolecular Hbond substituents is 1. The molecule has 25 heavy (non-hydrogen) atoms. The fourth-order valence-electron chi connectivity index (χ4n) is 2.63. The van der Waals surface area contributed by atoms with Crippen molar-refractivity contribution < 1.29 is 18.3 Å². The van der Waals surface area contributed by atoms with Crippen LogP contribution in [-0.4, -0.2) is 26.1 Å². The highest BCUT2D eigenvalue weighted by atomic mass is 35.5. The molecule has 1 aliphatic rings. The minimum atomic E-state index is -4.15. The van der Waals surface area contributed by atoms with Crippen LogP contribution in [0.5, 0.6) is 5.75 Å². The van der Waals surface area contributed by atoms with Gasteiger partial charge in [-0.25, -0.2) is 13.2 Å². The van der Waals surface area contributed by atoms with Gasteiger partial charge in [-0.3, -0.25) is 9.62 Å². The highest BCUT2D eigenvalue weighted by Crippen LogP contribution is 2.36. The third-order valence-corrected chi connectivity index (χ3v) is 5.68. The number of anilines is 2. The van der Waals surface area contributed by atoms with Crippen LogP contribution in [0, 0.1) is 0 Å². The van der Waals surface area contributed by atoms with Gasteiger partial charge in [0.05, 0.1) is 16.4 Å². The second kappa shape index (κ2) is 6.29. The molecular weight excluding hydrogens is 389 g/mol. The fraction of sp³-hybridized carbons (Fsp3) is 0.133. The second-order valence-electron chi connectivity index (χ2n) is 5.42. The molecule has 0 aliphatic carbocycles. The standard InChI is InChI=1S/C15H13Cl2N3O4S/c16-9-5-11(17)14(21)13(6-9)25(23,24)19-10-2-1-8-3-4-20(15(18)22)12(8)7-10/h1-2,5-7,19,21H,3-4H2,(H2,18,22). The van der Waals surface area contributed by atoms with Crippen molar-refractivity contribution in [3.05, 3.63) is 45.9 Å². The Kier molecular flexibility index (Phi) is 4.44. The zero-order valence-corrected chi connectivity index (χ0v) is 15.0. The van der Waals surface area contributed by atoms with E-state index < -0.39 is 26.7 Å². The van der Waals surface area contributed by atoms with Crippen molar-refractivity contribution in [2.45, 2.75) is 11.3 Å². The van der Waals surface area contributed by atoms with Crippen LogP contribution in [-0.2, 0) is 16.4 Å². The van der Waals surface area contributed by atoms with Crippen molar-refractivity contribution in [3.63, 3.8) is 0 Å². The van der Waals surface area contributed by atoms with Gasteiger partial charge >= 0.3 is 6.03 Å². The average molecular weight is 402 g/mol. The van der Waals surface area contributed by atoms with E-state index in [1.807, 2.05) is 0 Å². The number of urea groups is 1. The zero-order valence-electron chi connectivity index (χ0n) is 12.7. The molecule has 2 aromatic carbocycles. The molecule has 4 N–H and O–H groups in total. The predicted octanol–water partition coefficient (Wildman–Crippen LogP) is 2.94. The van der Waals surface area contributed by atoms with Crippen LogP contribution in [0.4, 0.5) is 16.2 Å². The topological polar surface area (TPSA) is 113 Å². The summed E-state index contributed by atoms with van der Waals surface area (Å²) in [6.45, 7) is 0.436. The van der Waals surface area contributed by atoms with Gasteiger partial charge in [0, 0.05) is 11.6 Å². The van der Waals surface area contributed by atoms with Gasteiger partial charge in [-0.15, -0.1) is 0 Å². The number of phenols is 1. The maximum atomic E-state index is 12.5. The Bertz CT molecular complexity index is 979. The molecule has 0 fully saturated rings. The number of carbonyl (C=O) groups is 1. The largest absolute Gasteiger partial charge is 0.505 e. The number of hydrogen-bond acceptors (Lipinski definition) is 4. The number of fused-ring (bicyclic) bond motifs is 1. The summed E-state index contributed by atoms with van der Waals surface area (Å²) in [7, 11) is -4.15. The summed E-state index contributed by atoms with van der Waals surface area (Å²) in [6, 6.07) is 6.49. The van der Waals surface area contributed by atoms with Crippen LogP contribution >= 0.6 is 23.2 Å². The van der Waals surface area contributed by atoms with Gasteiger partial charge in [0.1, 0.15) is 4.90 Å². The Morgan fingerprint density at radius 1 is 1.24 bits per heavy atom. The first-order valence-electron chi connectivity index (χ1n) is 7.10. The first-order valence-corrected chi connectivity index (χ1v) is 9.33. The maximum absolute atomic E-state index is 12.5. The molecule has 7 nitrogen and oxygen atoms in total. The summed E-state index contributed by atoms with van der Waals surface area (Å²) in [5.74, 6) is -0.599. The molecule has 0 spiro atoms. The highest BCUT2D eigenvalue weighted by molar-refractivity contribution is 7.92. The molecule has 2 amide bonds. The third-order valence-electron chi connectivity index (χ3n) is 3.78. The van der Waals surface area contributed by atoms with Gasteiger partial charge in [0.15, 0.2) is 5.75 Å². The lowest BCUT2D eigenvalue weighted by molar-refractivity contribution is 0.254. The summed E-state index contributed by atoms with van der Waals surface area (Å²) in [4.78, 5) is 12.4. The van der Waals surface area contributed by atoms with Crippen molar-refractivity contribution in [1.29, 1.82) is 0 Å². The number of nitrogens with two attached hydrogens (primary N) is 1. The number of hydrogen-bond donors (Lipinski definition) is 3. The lowest BCUT2D eigenvalue weighted by Crippen LogP contribution is -2.34. The van der Waals surface area contributed by atoms with E-state index in [-0.39, 0.29) is 15.7 Å². The van der Waals surface area contributed by atoms with Gasteiger partial charge in [-0.05, 0) is 36.2 Å². The number of nitrogens with one attached hydrogen (secondary N) is 1. The summed E-state index contributed by atoms with van der Waals surface area (Å²) in [5, 5.41) is 9.81. The molecule has 0 bridgehead atoms. The second-order valence-corrected chi connectivity index (χ2v) is 7.92. The zero-order chi connectivity index (χ0) is 18.4. The van der Waals surface area contributed by atoms with Gasteiger partial charge < -0.3 is 10.8 Å². The number of rotatable bonds is 3. The lowest BCUT2D eigenvalue weighted by atomic mass is 10.1. The summed E-state index contributed by atoms with van der Waals surface area (Å²) >= 11 is 11.6. The number of carbonyl (C=O) groups excluding carboxylic acids is 1. The Hall–Kier alpha value is -2.16. The van der Waals surface area contributed by atoms with E-state index in [4.69, 9.17) is 28.9 Å². The quantitative estimate of drug-likeness (QED) is 0.733. The summed E-state index contributed by atoms with van der Waals surface area (Å²) in [5.41, 5.74) is 6.96. The molecule has 2 aromatic rings.